The lowest BCUT2D eigenvalue weighted by molar-refractivity contribution is 0.103. The number of nitrogens with zero attached hydrogens (tertiary/aromatic N) is 4. The maximum atomic E-state index is 12.8. The minimum Gasteiger partial charge on any atom is -0.383 e. The van der Waals surface area contributed by atoms with Crippen LogP contribution >= 0.6 is 0 Å². The molecule has 0 amide bonds. The van der Waals surface area contributed by atoms with Crippen molar-refractivity contribution < 1.29 is 7.65 Å². The van der Waals surface area contributed by atoms with Gasteiger partial charge in [0.1, 0.15) is 17.3 Å². The molecule has 1 fully saturated rings. The van der Waals surface area contributed by atoms with Crippen LogP contribution in [0.4, 0.5) is 11.6 Å². The Morgan fingerprint density at radius 1 is 1.14 bits per heavy atom. The summed E-state index contributed by atoms with van der Waals surface area (Å²) >= 11 is 0. The van der Waals surface area contributed by atoms with E-state index in [-0.39, 0.29) is 14.5 Å². The van der Waals surface area contributed by atoms with Gasteiger partial charge in [-0.15, -0.1) is 0 Å². The summed E-state index contributed by atoms with van der Waals surface area (Å²) in [6.45, 7) is 12.0. The summed E-state index contributed by atoms with van der Waals surface area (Å²) in [5.74, 6) is 0.907. The molecule has 2 aromatic rings. The highest BCUT2D eigenvalue weighted by molar-refractivity contribution is 6.10. The average Bonchev–Trinajstić information content (AvgIpc) is 2.91. The maximum absolute atomic E-state index is 12.8. The Morgan fingerprint density at radius 3 is 2.71 bits per heavy atom. The molecule has 1 aliphatic heterocycles. The molecular weight excluding hydrogens is 350 g/mol. The van der Waals surface area contributed by atoms with E-state index in [2.05, 4.69) is 40.5 Å². The molecule has 0 radical (unpaired) electrons. The Kier molecular flexibility index (Phi) is 6.29. The third-order valence-corrected chi connectivity index (χ3v) is 5.14. The first kappa shape index (κ1) is 20.3. The molecule has 28 heavy (non-hydrogen) atoms. The largest absolute Gasteiger partial charge is 0.383 e. The Hall–Kier alpha value is -2.47. The van der Waals surface area contributed by atoms with Crippen LogP contribution in [0.3, 0.4) is 0 Å². The smallest absolute Gasteiger partial charge is 0.215 e. The number of pyridine rings is 2. The molecule has 154 valence electrons. The number of anilines is 2. The Morgan fingerprint density at radius 2 is 1.96 bits per heavy atom. The van der Waals surface area contributed by atoms with Crippen molar-refractivity contribution in [3.63, 3.8) is 0 Å². The number of nitrogens with two attached hydrogens (primary N) is 1. The molecule has 3 rings (SSSR count). The number of ketones is 1. The van der Waals surface area contributed by atoms with Gasteiger partial charge >= 0.3 is 0 Å². The molecule has 0 unspecified atom stereocenters. The summed E-state index contributed by atoms with van der Waals surface area (Å²) in [6.07, 6.45) is 3.87. The van der Waals surface area contributed by atoms with E-state index in [0.717, 1.165) is 45.0 Å². The highest BCUT2D eigenvalue weighted by Crippen LogP contribution is 2.21. The predicted molar refractivity (Wildman–Crippen MR) is 118 cm³/mol. The van der Waals surface area contributed by atoms with Crippen molar-refractivity contribution in [1.82, 2.24) is 14.9 Å². The third-order valence-electron chi connectivity index (χ3n) is 5.14. The van der Waals surface area contributed by atoms with Crippen molar-refractivity contribution in [2.45, 2.75) is 33.6 Å². The van der Waals surface area contributed by atoms with Crippen LogP contribution in [0.5, 0.6) is 0 Å². The molecular formula is C22H35N5O. The van der Waals surface area contributed by atoms with Crippen molar-refractivity contribution in [1.29, 1.82) is 0 Å². The van der Waals surface area contributed by atoms with Gasteiger partial charge in [-0.3, -0.25) is 4.79 Å². The van der Waals surface area contributed by atoms with E-state index in [1.165, 1.54) is 6.42 Å². The molecule has 1 saturated heterocycles. The molecule has 6 heteroatoms. The summed E-state index contributed by atoms with van der Waals surface area (Å²) in [5, 5.41) is 0. The van der Waals surface area contributed by atoms with E-state index < -0.39 is 0 Å². The fourth-order valence-electron chi connectivity index (χ4n) is 3.39. The van der Waals surface area contributed by atoms with Gasteiger partial charge in [0, 0.05) is 28.7 Å². The lowest BCUT2D eigenvalue weighted by Gasteiger charge is -2.26. The van der Waals surface area contributed by atoms with Gasteiger partial charge in [0.15, 0.2) is 0 Å². The van der Waals surface area contributed by atoms with Gasteiger partial charge in [0.25, 0.3) is 0 Å². The fourth-order valence-corrected chi connectivity index (χ4v) is 3.39. The SMILES string of the molecule is CC(C)(C)CCN1CCCN(c2cccc(C(=O)c3cccnc3N)n2)CC1.[HH].[HH]. The van der Waals surface area contributed by atoms with Gasteiger partial charge in [-0.05, 0) is 55.6 Å². The lowest BCUT2D eigenvalue weighted by atomic mass is 9.92. The highest BCUT2D eigenvalue weighted by Gasteiger charge is 2.20. The van der Waals surface area contributed by atoms with Gasteiger partial charge in [-0.1, -0.05) is 26.8 Å². The number of carbonyl (C=O) groups excluding carboxylic acids is 1. The van der Waals surface area contributed by atoms with E-state index in [1.54, 1.807) is 24.4 Å². The summed E-state index contributed by atoms with van der Waals surface area (Å²) in [6, 6.07) is 9.02. The standard InChI is InChI=1S/C22H31N5O.2H2/c1-22(2,3)10-14-26-12-6-13-27(16-15-26)19-9-4-8-18(25-19)20(28)17-7-5-11-24-21(17)23;;/h4-5,7-9,11H,6,10,12-16H2,1-3H3,(H2,23,24);2*1H. The van der Waals surface area contributed by atoms with Gasteiger partial charge in [-0.2, -0.15) is 0 Å². The van der Waals surface area contributed by atoms with Gasteiger partial charge in [0.05, 0.1) is 5.56 Å². The molecule has 6 nitrogen and oxygen atoms in total. The summed E-state index contributed by atoms with van der Waals surface area (Å²) in [5.41, 5.74) is 7.02. The Bertz CT molecular complexity index is 825. The molecule has 0 saturated carbocycles. The molecule has 2 N–H and O–H groups in total. The molecule has 0 atom stereocenters. The molecule has 3 heterocycles. The van der Waals surface area contributed by atoms with Crippen molar-refractivity contribution in [2.75, 3.05) is 43.4 Å². The van der Waals surface area contributed by atoms with E-state index in [9.17, 15) is 4.79 Å². The highest BCUT2D eigenvalue weighted by atomic mass is 16.1. The topological polar surface area (TPSA) is 75.3 Å². The summed E-state index contributed by atoms with van der Waals surface area (Å²) in [4.78, 5) is 26.3. The zero-order valence-corrected chi connectivity index (χ0v) is 17.2. The average molecular weight is 386 g/mol. The van der Waals surface area contributed by atoms with Crippen LogP contribution in [-0.4, -0.2) is 53.4 Å². The minimum absolute atomic E-state index is 0. The van der Waals surface area contributed by atoms with Crippen LogP contribution in [0.2, 0.25) is 0 Å². The van der Waals surface area contributed by atoms with Gasteiger partial charge in [-0.25, -0.2) is 9.97 Å². The summed E-state index contributed by atoms with van der Waals surface area (Å²) in [7, 11) is 0. The van der Waals surface area contributed by atoms with Crippen LogP contribution < -0.4 is 10.6 Å². The minimum atomic E-state index is -0.186. The van der Waals surface area contributed by atoms with E-state index in [0.29, 0.717) is 16.7 Å². The van der Waals surface area contributed by atoms with Gasteiger partial charge < -0.3 is 15.5 Å². The van der Waals surface area contributed by atoms with E-state index in [1.807, 2.05) is 12.1 Å². The van der Waals surface area contributed by atoms with Crippen LogP contribution in [-0.2, 0) is 0 Å². The first-order valence-electron chi connectivity index (χ1n) is 10.0. The first-order valence-corrected chi connectivity index (χ1v) is 10.0. The van der Waals surface area contributed by atoms with Crippen LogP contribution in [0.25, 0.3) is 0 Å². The van der Waals surface area contributed by atoms with Crippen LogP contribution in [0.15, 0.2) is 36.5 Å². The van der Waals surface area contributed by atoms with E-state index in [4.69, 9.17) is 5.73 Å². The third kappa shape index (κ3) is 5.29. The zero-order chi connectivity index (χ0) is 20.1. The molecule has 2 aromatic heterocycles. The zero-order valence-electron chi connectivity index (χ0n) is 17.2. The van der Waals surface area contributed by atoms with Crippen molar-refractivity contribution in [3.05, 3.63) is 47.8 Å². The quantitative estimate of drug-likeness (QED) is 0.791. The normalized spacial score (nSPS) is 16.0. The number of hydrogen-bond acceptors (Lipinski definition) is 6. The molecule has 1 aliphatic rings. The number of nitrogen functional groups attached to an aromatic ring is 1. The van der Waals surface area contributed by atoms with Crippen LogP contribution in [0.1, 0.15) is 52.5 Å². The number of carbonyl (C=O) groups is 1. The molecule has 0 spiro atoms. The fraction of sp³-hybridized carbons (Fsp3) is 0.500. The van der Waals surface area contributed by atoms with Crippen molar-refractivity contribution in [3.8, 4) is 0 Å². The van der Waals surface area contributed by atoms with Gasteiger partial charge in [0.2, 0.25) is 5.78 Å². The Labute approximate surface area is 170 Å². The maximum Gasteiger partial charge on any atom is 0.215 e. The predicted octanol–water partition coefficient (Wildman–Crippen LogP) is 3.73. The van der Waals surface area contributed by atoms with Crippen molar-refractivity contribution >= 4 is 17.4 Å². The monoisotopic (exact) mass is 385 g/mol. The Balaban J connectivity index is 0.00000225. The number of rotatable bonds is 5. The second-order valence-corrected chi connectivity index (χ2v) is 8.64. The lowest BCUT2D eigenvalue weighted by Crippen LogP contribution is -2.33. The first-order chi connectivity index (χ1) is 13.3. The molecule has 0 bridgehead atoms. The number of aromatic nitrogens is 2. The van der Waals surface area contributed by atoms with Crippen LogP contribution in [0, 0.1) is 5.41 Å². The second-order valence-electron chi connectivity index (χ2n) is 8.64. The molecule has 0 aromatic carbocycles. The number of hydrogen-bond donors (Lipinski definition) is 1. The molecule has 0 aliphatic carbocycles. The van der Waals surface area contributed by atoms with E-state index >= 15 is 0 Å². The summed E-state index contributed by atoms with van der Waals surface area (Å²) < 4.78 is 0. The van der Waals surface area contributed by atoms with Crippen molar-refractivity contribution in [2.24, 2.45) is 5.41 Å². The second kappa shape index (κ2) is 8.69.